The van der Waals surface area contributed by atoms with E-state index in [0.717, 1.165) is 21.2 Å². The maximum atomic E-state index is 6.32. The van der Waals surface area contributed by atoms with Crippen molar-refractivity contribution in [2.24, 2.45) is 10.7 Å². The Labute approximate surface area is 157 Å². The van der Waals surface area contributed by atoms with E-state index < -0.39 is 0 Å². The lowest BCUT2D eigenvalue weighted by Crippen LogP contribution is -2.35. The molecule has 0 fully saturated rings. The number of aliphatic imine (C=N–C) groups is 1. The number of nitrogens with zero attached hydrogens (tertiary/aromatic N) is 1. The summed E-state index contributed by atoms with van der Waals surface area (Å²) in [6.07, 6.45) is 4.92. The second kappa shape index (κ2) is 9.77. The molecule has 3 nitrogen and oxygen atoms in total. The van der Waals surface area contributed by atoms with Crippen molar-refractivity contribution in [3.8, 4) is 0 Å². The molecule has 25 heavy (non-hydrogen) atoms. The summed E-state index contributed by atoms with van der Waals surface area (Å²) in [6.45, 7) is 8.17. The molecule has 128 valence electrons. The first kappa shape index (κ1) is 18.9. The van der Waals surface area contributed by atoms with Gasteiger partial charge in [0.05, 0.1) is 6.54 Å². The zero-order chi connectivity index (χ0) is 18.1. The van der Waals surface area contributed by atoms with Gasteiger partial charge in [0.1, 0.15) is 12.0 Å². The number of allylic oxidation sites excluding steroid dienone is 2. The lowest BCUT2D eigenvalue weighted by atomic mass is 10.1. The number of hydrogen-bond donors (Lipinski definition) is 2. The fourth-order valence-electron chi connectivity index (χ4n) is 2.28. The van der Waals surface area contributed by atoms with Gasteiger partial charge in [-0.3, -0.25) is 4.99 Å². The first-order valence-corrected chi connectivity index (χ1v) is 8.75. The van der Waals surface area contributed by atoms with E-state index >= 15 is 0 Å². The van der Waals surface area contributed by atoms with E-state index in [2.05, 4.69) is 34.4 Å². The van der Waals surface area contributed by atoms with Gasteiger partial charge in [0.25, 0.3) is 0 Å². The van der Waals surface area contributed by atoms with Crippen LogP contribution >= 0.6 is 15.9 Å². The van der Waals surface area contributed by atoms with E-state index in [1.165, 1.54) is 0 Å². The van der Waals surface area contributed by atoms with Crippen molar-refractivity contribution in [3.63, 3.8) is 0 Å². The average Bonchev–Trinajstić information content (AvgIpc) is 2.64. The number of halogens is 1. The van der Waals surface area contributed by atoms with Crippen LogP contribution < -0.4 is 11.1 Å². The van der Waals surface area contributed by atoms with Gasteiger partial charge in [0.2, 0.25) is 0 Å². The van der Waals surface area contributed by atoms with E-state index in [9.17, 15) is 0 Å². The van der Waals surface area contributed by atoms with Crippen LogP contribution in [0, 0.1) is 0 Å². The van der Waals surface area contributed by atoms with Crippen molar-refractivity contribution in [3.05, 3.63) is 107 Å². The quantitative estimate of drug-likeness (QED) is 0.303. The van der Waals surface area contributed by atoms with Gasteiger partial charge in [-0.15, -0.1) is 0 Å². The van der Waals surface area contributed by atoms with Gasteiger partial charge in [0, 0.05) is 10.0 Å². The second-order valence-electron chi connectivity index (χ2n) is 5.39. The van der Waals surface area contributed by atoms with Gasteiger partial charge < -0.3 is 11.1 Å². The first-order valence-electron chi connectivity index (χ1n) is 7.95. The summed E-state index contributed by atoms with van der Waals surface area (Å²) in [5, 5.41) is 3.29. The van der Waals surface area contributed by atoms with Crippen LogP contribution in [0.3, 0.4) is 0 Å². The lowest BCUT2D eigenvalue weighted by Gasteiger charge is -2.18. The van der Waals surface area contributed by atoms with Crippen molar-refractivity contribution in [2.45, 2.75) is 12.7 Å². The molecular formula is C21H22BrN3. The molecule has 0 saturated carbocycles. The van der Waals surface area contributed by atoms with Crippen LogP contribution in [0.2, 0.25) is 0 Å². The van der Waals surface area contributed by atoms with E-state index in [4.69, 9.17) is 10.7 Å². The molecule has 1 atom stereocenters. The number of benzene rings is 2. The van der Waals surface area contributed by atoms with E-state index in [1.807, 2.05) is 60.7 Å². The second-order valence-corrected chi connectivity index (χ2v) is 6.30. The topological polar surface area (TPSA) is 50.4 Å². The zero-order valence-corrected chi connectivity index (χ0v) is 15.6. The van der Waals surface area contributed by atoms with Crippen molar-refractivity contribution >= 4 is 21.8 Å². The number of nitrogens with two attached hydrogens (primary N) is 1. The molecule has 0 aliphatic carbocycles. The molecule has 0 spiro atoms. The molecular weight excluding hydrogens is 374 g/mol. The van der Waals surface area contributed by atoms with Gasteiger partial charge >= 0.3 is 0 Å². The summed E-state index contributed by atoms with van der Waals surface area (Å²) < 4.78 is 0.982. The van der Waals surface area contributed by atoms with E-state index in [-0.39, 0.29) is 6.17 Å². The van der Waals surface area contributed by atoms with Crippen LogP contribution in [0.1, 0.15) is 17.3 Å². The van der Waals surface area contributed by atoms with Crippen molar-refractivity contribution < 1.29 is 0 Å². The molecule has 0 saturated heterocycles. The highest BCUT2D eigenvalue weighted by atomic mass is 79.9. The van der Waals surface area contributed by atoms with Crippen LogP contribution in [0.15, 0.2) is 101 Å². The third kappa shape index (κ3) is 5.85. The molecule has 3 N–H and O–H groups in total. The minimum atomic E-state index is -0.389. The fourth-order valence-corrected chi connectivity index (χ4v) is 2.69. The molecule has 4 heteroatoms. The number of amidine groups is 1. The molecule has 2 rings (SSSR count). The third-order valence-corrected chi connectivity index (χ3v) is 4.05. The largest absolute Gasteiger partial charge is 0.351 e. The minimum absolute atomic E-state index is 0.389. The Morgan fingerprint density at radius 3 is 2.56 bits per heavy atom. The van der Waals surface area contributed by atoms with Gasteiger partial charge in [-0.2, -0.15) is 0 Å². The Morgan fingerprint density at radius 2 is 1.92 bits per heavy atom. The molecule has 0 aliphatic rings. The maximum Gasteiger partial charge on any atom is 0.130 e. The van der Waals surface area contributed by atoms with Crippen molar-refractivity contribution in [1.29, 1.82) is 0 Å². The molecule has 2 aromatic rings. The summed E-state index contributed by atoms with van der Waals surface area (Å²) >= 11 is 3.47. The molecule has 0 bridgehead atoms. The zero-order valence-electron chi connectivity index (χ0n) is 14.0. The third-order valence-electron chi connectivity index (χ3n) is 3.55. The maximum absolute atomic E-state index is 6.32. The summed E-state index contributed by atoms with van der Waals surface area (Å²) in [5.41, 5.74) is 9.25. The Hall–Kier alpha value is -2.43. The molecule has 1 unspecified atom stereocenters. The Morgan fingerprint density at radius 1 is 1.16 bits per heavy atom. The summed E-state index contributed by atoms with van der Waals surface area (Å²) in [4.78, 5) is 4.70. The van der Waals surface area contributed by atoms with Crippen LogP contribution in [-0.2, 0) is 6.54 Å². The minimum Gasteiger partial charge on any atom is -0.351 e. The molecule has 0 radical (unpaired) electrons. The SMILES string of the molecule is C=C/C=C(\C=C)C(=NCc1ccccc1)NC(N)c1cccc(Br)c1. The number of hydrogen-bond acceptors (Lipinski definition) is 2. The summed E-state index contributed by atoms with van der Waals surface area (Å²) in [6, 6.07) is 17.9. The molecule has 0 aliphatic heterocycles. The summed E-state index contributed by atoms with van der Waals surface area (Å²) in [7, 11) is 0. The van der Waals surface area contributed by atoms with Gasteiger partial charge in [-0.25, -0.2) is 0 Å². The predicted octanol–water partition coefficient (Wildman–Crippen LogP) is 4.89. The van der Waals surface area contributed by atoms with Crippen LogP contribution in [-0.4, -0.2) is 5.84 Å². The molecule has 0 amide bonds. The summed E-state index contributed by atoms with van der Waals surface area (Å²) in [5.74, 6) is 0.686. The standard InChI is InChI=1S/C21H22BrN3/c1-3-9-17(4-2)21(24-15-16-10-6-5-7-11-16)25-20(23)18-12-8-13-19(22)14-18/h3-14,20H,1-2,15,23H2,(H,24,25)/b17-9+. The monoisotopic (exact) mass is 395 g/mol. The highest BCUT2D eigenvalue weighted by molar-refractivity contribution is 9.10. The van der Waals surface area contributed by atoms with Gasteiger partial charge in [0.15, 0.2) is 0 Å². The number of nitrogens with one attached hydrogen (secondary N) is 1. The number of rotatable bonds is 7. The Bertz CT molecular complexity index is 779. The van der Waals surface area contributed by atoms with Crippen LogP contribution in [0.4, 0.5) is 0 Å². The predicted molar refractivity (Wildman–Crippen MR) is 110 cm³/mol. The lowest BCUT2D eigenvalue weighted by molar-refractivity contribution is 0.678. The molecule has 0 heterocycles. The normalized spacial score (nSPS) is 13.2. The smallest absolute Gasteiger partial charge is 0.130 e. The van der Waals surface area contributed by atoms with Crippen molar-refractivity contribution in [1.82, 2.24) is 5.32 Å². The van der Waals surface area contributed by atoms with E-state index in [0.29, 0.717) is 12.4 Å². The van der Waals surface area contributed by atoms with Crippen molar-refractivity contribution in [2.75, 3.05) is 0 Å². The molecule has 0 aromatic heterocycles. The van der Waals surface area contributed by atoms with Crippen LogP contribution in [0.25, 0.3) is 0 Å². The highest BCUT2D eigenvalue weighted by Gasteiger charge is 2.11. The van der Waals surface area contributed by atoms with Crippen LogP contribution in [0.5, 0.6) is 0 Å². The molecule has 2 aromatic carbocycles. The van der Waals surface area contributed by atoms with Gasteiger partial charge in [-0.05, 0) is 23.3 Å². The highest BCUT2D eigenvalue weighted by Crippen LogP contribution is 2.16. The first-order chi connectivity index (χ1) is 12.1. The fraction of sp³-hybridized carbons (Fsp3) is 0.0952. The Balaban J connectivity index is 2.26. The van der Waals surface area contributed by atoms with E-state index in [1.54, 1.807) is 12.2 Å². The Kier molecular flexibility index (Phi) is 7.38. The average molecular weight is 396 g/mol. The van der Waals surface area contributed by atoms with Gasteiger partial charge in [-0.1, -0.05) is 89.8 Å².